The number of ether oxygens (including phenoxy) is 1. The number of rotatable bonds is 4. The molecule has 9 heteroatoms. The first-order valence-corrected chi connectivity index (χ1v) is 7.94. The molecule has 0 saturated carbocycles. The summed E-state index contributed by atoms with van der Waals surface area (Å²) in [5.74, 6) is 1.06. The van der Waals surface area contributed by atoms with Gasteiger partial charge in [0.2, 0.25) is 5.82 Å². The van der Waals surface area contributed by atoms with E-state index in [1.54, 1.807) is 42.5 Å². The average Bonchev–Trinajstić information content (AvgIpc) is 3.30. The number of amides is 1. The van der Waals surface area contributed by atoms with Crippen molar-refractivity contribution in [2.45, 2.75) is 0 Å². The van der Waals surface area contributed by atoms with Crippen molar-refractivity contribution in [2.24, 2.45) is 0 Å². The topological polar surface area (TPSA) is 106 Å². The highest BCUT2D eigenvalue weighted by atomic mass is 35.5. The van der Waals surface area contributed by atoms with Gasteiger partial charge in [0, 0.05) is 16.6 Å². The monoisotopic (exact) mass is 369 g/mol. The Kier molecular flexibility index (Phi) is 4.02. The van der Waals surface area contributed by atoms with E-state index in [4.69, 9.17) is 20.8 Å². The fraction of sp³-hybridized carbons (Fsp3) is 0.0588. The van der Waals surface area contributed by atoms with Crippen LogP contribution in [0.2, 0.25) is 5.02 Å². The number of methoxy groups -OCH3 is 1. The first kappa shape index (κ1) is 16.1. The molecule has 0 radical (unpaired) electrons. The number of halogens is 1. The molecule has 2 aromatic heterocycles. The summed E-state index contributed by atoms with van der Waals surface area (Å²) in [5, 5.41) is 17.6. The van der Waals surface area contributed by atoms with Crippen LogP contribution in [-0.4, -0.2) is 33.6 Å². The van der Waals surface area contributed by atoms with Crippen LogP contribution in [0.4, 0.5) is 5.69 Å². The zero-order chi connectivity index (χ0) is 18.1. The Morgan fingerprint density at radius 1 is 1.23 bits per heavy atom. The van der Waals surface area contributed by atoms with Crippen LogP contribution < -0.4 is 10.1 Å². The number of hydrogen-bond acceptors (Lipinski definition) is 6. The van der Waals surface area contributed by atoms with E-state index in [0.29, 0.717) is 39.2 Å². The van der Waals surface area contributed by atoms with Crippen LogP contribution in [-0.2, 0) is 0 Å². The highest BCUT2D eigenvalue weighted by Crippen LogP contribution is 2.28. The van der Waals surface area contributed by atoms with Crippen LogP contribution >= 0.6 is 11.6 Å². The van der Waals surface area contributed by atoms with Gasteiger partial charge in [-0.1, -0.05) is 17.7 Å². The third-order valence-corrected chi connectivity index (χ3v) is 4.05. The largest absolute Gasteiger partial charge is 0.495 e. The Balaban J connectivity index is 1.59. The summed E-state index contributed by atoms with van der Waals surface area (Å²) in [5.41, 5.74) is 1.55. The molecule has 8 nitrogen and oxygen atoms in total. The average molecular weight is 370 g/mol. The van der Waals surface area contributed by atoms with E-state index >= 15 is 0 Å². The molecule has 0 fully saturated rings. The maximum absolute atomic E-state index is 12.5. The number of anilines is 1. The molecule has 0 bridgehead atoms. The number of H-pyrrole nitrogens is 1. The van der Waals surface area contributed by atoms with Crippen molar-refractivity contribution in [1.29, 1.82) is 0 Å². The molecule has 26 heavy (non-hydrogen) atoms. The van der Waals surface area contributed by atoms with Crippen LogP contribution in [0.5, 0.6) is 5.75 Å². The Labute approximate surface area is 152 Å². The lowest BCUT2D eigenvalue weighted by Crippen LogP contribution is -2.11. The second-order valence-corrected chi connectivity index (χ2v) is 5.81. The highest BCUT2D eigenvalue weighted by molar-refractivity contribution is 6.32. The van der Waals surface area contributed by atoms with Crippen molar-refractivity contribution in [3.05, 3.63) is 53.1 Å². The number of carbonyl (C=O) groups is 1. The van der Waals surface area contributed by atoms with Gasteiger partial charge in [-0.3, -0.25) is 4.79 Å². The van der Waals surface area contributed by atoms with E-state index in [9.17, 15) is 4.79 Å². The molecular formula is C17H12ClN5O3. The van der Waals surface area contributed by atoms with Gasteiger partial charge >= 0.3 is 0 Å². The molecule has 4 aromatic rings. The van der Waals surface area contributed by atoms with E-state index in [-0.39, 0.29) is 5.91 Å². The first-order valence-electron chi connectivity index (χ1n) is 7.56. The number of aromatic nitrogens is 4. The lowest BCUT2D eigenvalue weighted by atomic mass is 10.1. The Hall–Kier alpha value is -3.39. The molecule has 2 heterocycles. The van der Waals surface area contributed by atoms with Gasteiger partial charge in [-0.2, -0.15) is 5.21 Å². The lowest BCUT2D eigenvalue weighted by molar-refractivity contribution is 0.102. The standard InChI is InChI=1S/C17H12ClN5O3/c1-25-13-5-4-11(8-12(13)18)19-17(24)10-3-2-9-6-15(26-14(9)7-10)16-20-22-23-21-16/h2-8H,1H3,(H,19,24)(H,20,21,22,23). The molecule has 0 atom stereocenters. The third kappa shape index (κ3) is 2.98. The summed E-state index contributed by atoms with van der Waals surface area (Å²) in [6.07, 6.45) is 0. The molecule has 4 rings (SSSR count). The number of nitrogens with zero attached hydrogens (tertiary/aromatic N) is 3. The summed E-state index contributed by atoms with van der Waals surface area (Å²) in [7, 11) is 1.53. The van der Waals surface area contributed by atoms with Crippen molar-refractivity contribution in [1.82, 2.24) is 20.6 Å². The van der Waals surface area contributed by atoms with Crippen LogP contribution in [0.1, 0.15) is 10.4 Å². The second-order valence-electron chi connectivity index (χ2n) is 5.40. The molecule has 0 aliphatic carbocycles. The summed E-state index contributed by atoms with van der Waals surface area (Å²) in [6, 6.07) is 12.0. The number of tetrazole rings is 1. The maximum Gasteiger partial charge on any atom is 0.255 e. The van der Waals surface area contributed by atoms with Gasteiger partial charge in [-0.25, -0.2) is 0 Å². The maximum atomic E-state index is 12.5. The van der Waals surface area contributed by atoms with Crippen LogP contribution in [0, 0.1) is 0 Å². The van der Waals surface area contributed by atoms with Crippen molar-refractivity contribution < 1.29 is 13.9 Å². The SMILES string of the molecule is COc1ccc(NC(=O)c2ccc3cc(-c4nn[nH]n4)oc3c2)cc1Cl. The summed E-state index contributed by atoms with van der Waals surface area (Å²) < 4.78 is 10.8. The molecule has 1 amide bonds. The van der Waals surface area contributed by atoms with Crippen molar-refractivity contribution in [3.8, 4) is 17.3 Å². The molecular weight excluding hydrogens is 358 g/mol. The van der Waals surface area contributed by atoms with Gasteiger partial charge in [0.1, 0.15) is 11.3 Å². The smallest absolute Gasteiger partial charge is 0.255 e. The molecule has 0 aliphatic heterocycles. The molecule has 0 unspecified atom stereocenters. The summed E-state index contributed by atoms with van der Waals surface area (Å²) in [4.78, 5) is 12.5. The number of nitrogens with one attached hydrogen (secondary N) is 2. The van der Waals surface area contributed by atoms with Gasteiger partial charge < -0.3 is 14.5 Å². The number of furan rings is 1. The summed E-state index contributed by atoms with van der Waals surface area (Å²) in [6.45, 7) is 0. The second kappa shape index (κ2) is 6.49. The number of aromatic amines is 1. The van der Waals surface area contributed by atoms with E-state index in [1.165, 1.54) is 7.11 Å². The number of carbonyl (C=O) groups excluding carboxylic acids is 1. The van der Waals surface area contributed by atoms with E-state index < -0.39 is 0 Å². The van der Waals surface area contributed by atoms with Crippen molar-refractivity contribution >= 4 is 34.2 Å². The van der Waals surface area contributed by atoms with Crippen molar-refractivity contribution in [2.75, 3.05) is 12.4 Å². The van der Waals surface area contributed by atoms with Gasteiger partial charge in [-0.05, 0) is 41.6 Å². The van der Waals surface area contributed by atoms with E-state index in [2.05, 4.69) is 25.9 Å². The fourth-order valence-corrected chi connectivity index (χ4v) is 2.75. The van der Waals surface area contributed by atoms with Crippen molar-refractivity contribution in [3.63, 3.8) is 0 Å². The minimum Gasteiger partial charge on any atom is -0.495 e. The van der Waals surface area contributed by atoms with Gasteiger partial charge in [-0.15, -0.1) is 10.2 Å². The molecule has 2 N–H and O–H groups in total. The number of hydrogen-bond donors (Lipinski definition) is 2. The normalized spacial score (nSPS) is 10.8. The zero-order valence-corrected chi connectivity index (χ0v) is 14.2. The predicted molar refractivity (Wildman–Crippen MR) is 95.3 cm³/mol. The zero-order valence-electron chi connectivity index (χ0n) is 13.5. The number of benzene rings is 2. The number of fused-ring (bicyclic) bond motifs is 1. The molecule has 2 aromatic carbocycles. The lowest BCUT2D eigenvalue weighted by Gasteiger charge is -2.08. The van der Waals surface area contributed by atoms with Gasteiger partial charge in [0.05, 0.1) is 12.1 Å². The fourth-order valence-electron chi connectivity index (χ4n) is 2.50. The van der Waals surface area contributed by atoms with Crippen LogP contribution in [0.25, 0.3) is 22.6 Å². The van der Waals surface area contributed by atoms with Gasteiger partial charge in [0.25, 0.3) is 5.91 Å². The van der Waals surface area contributed by atoms with Crippen LogP contribution in [0.15, 0.2) is 46.9 Å². The Morgan fingerprint density at radius 2 is 2.12 bits per heavy atom. The molecule has 0 saturated heterocycles. The Bertz CT molecular complexity index is 1090. The molecule has 0 aliphatic rings. The molecule has 0 spiro atoms. The Morgan fingerprint density at radius 3 is 2.85 bits per heavy atom. The van der Waals surface area contributed by atoms with Gasteiger partial charge in [0.15, 0.2) is 5.76 Å². The minimum absolute atomic E-state index is 0.286. The van der Waals surface area contributed by atoms with E-state index in [1.807, 2.05) is 0 Å². The minimum atomic E-state index is -0.286. The molecule has 130 valence electrons. The summed E-state index contributed by atoms with van der Waals surface area (Å²) >= 11 is 6.08. The third-order valence-electron chi connectivity index (χ3n) is 3.76. The van der Waals surface area contributed by atoms with Crippen LogP contribution in [0.3, 0.4) is 0 Å². The first-order chi connectivity index (χ1) is 12.6. The highest BCUT2D eigenvalue weighted by Gasteiger charge is 2.13. The quantitative estimate of drug-likeness (QED) is 0.570. The predicted octanol–water partition coefficient (Wildman–Crippen LogP) is 3.53. The van der Waals surface area contributed by atoms with E-state index in [0.717, 1.165) is 5.39 Å².